The molecule has 1 aliphatic rings. The fraction of sp³-hybridized carbons (Fsp3) is 0.889. The van der Waals surface area contributed by atoms with Gasteiger partial charge in [0.1, 0.15) is 5.60 Å². The fourth-order valence-electron chi connectivity index (χ4n) is 1.66. The van der Waals surface area contributed by atoms with Crippen LogP contribution in [0.3, 0.4) is 0 Å². The molecule has 0 unspecified atom stereocenters. The summed E-state index contributed by atoms with van der Waals surface area (Å²) in [5.41, 5.74) is -0.328. The fourth-order valence-corrected chi connectivity index (χ4v) is 1.66. The molecule has 1 aliphatic carbocycles. The lowest BCUT2D eigenvalue weighted by molar-refractivity contribution is -0.160. The molecule has 1 saturated carbocycles. The normalized spacial score (nSPS) is 36.1. The number of carbonyl (C=O) groups excluding carboxylic acids is 1. The molecule has 0 atom stereocenters. The van der Waals surface area contributed by atoms with E-state index in [1.807, 2.05) is 6.92 Å². The minimum absolute atomic E-state index is 0.200. The first-order chi connectivity index (χ1) is 5.52. The summed E-state index contributed by atoms with van der Waals surface area (Å²) in [4.78, 5) is 10.7. The smallest absolute Gasteiger partial charge is 0.303 e. The third-order valence-electron chi connectivity index (χ3n) is 2.40. The van der Waals surface area contributed by atoms with Crippen molar-refractivity contribution in [2.45, 2.75) is 51.2 Å². The second kappa shape index (κ2) is 3.44. The molecule has 1 fully saturated rings. The summed E-state index contributed by atoms with van der Waals surface area (Å²) in [5.74, 6) is -0.228. The van der Waals surface area contributed by atoms with E-state index in [0.29, 0.717) is 0 Å². The molecular weight excluding hydrogens is 156 g/mol. The Kier molecular flexibility index (Phi) is 2.73. The number of carbonyl (C=O) groups is 1. The molecule has 12 heavy (non-hydrogen) atoms. The summed E-state index contributed by atoms with van der Waals surface area (Å²) >= 11 is 0. The van der Waals surface area contributed by atoms with Crippen LogP contribution in [-0.2, 0) is 9.53 Å². The largest absolute Gasteiger partial charge is 0.460 e. The highest BCUT2D eigenvalue weighted by Gasteiger charge is 2.32. The van der Waals surface area contributed by atoms with E-state index in [1.165, 1.54) is 6.92 Å². The molecule has 1 rings (SSSR count). The average Bonchev–Trinajstić information content (AvgIpc) is 1.94. The van der Waals surface area contributed by atoms with Gasteiger partial charge in [-0.15, -0.1) is 0 Å². The number of hydrogen-bond donors (Lipinski definition) is 1. The molecule has 3 heteroatoms. The van der Waals surface area contributed by atoms with Gasteiger partial charge < -0.3 is 9.84 Å². The van der Waals surface area contributed by atoms with E-state index >= 15 is 0 Å². The van der Waals surface area contributed by atoms with Crippen molar-refractivity contribution >= 4 is 5.97 Å². The number of rotatable bonds is 1. The Morgan fingerprint density at radius 2 is 2.00 bits per heavy atom. The molecule has 0 bridgehead atoms. The van der Waals surface area contributed by atoms with Crippen molar-refractivity contribution in [2.75, 3.05) is 0 Å². The van der Waals surface area contributed by atoms with Crippen LogP contribution in [0.4, 0.5) is 0 Å². The maximum absolute atomic E-state index is 10.7. The molecular formula is C9H16O3. The average molecular weight is 172 g/mol. The van der Waals surface area contributed by atoms with Crippen molar-refractivity contribution < 1.29 is 14.6 Å². The monoisotopic (exact) mass is 172 g/mol. The van der Waals surface area contributed by atoms with Gasteiger partial charge in [-0.1, -0.05) is 0 Å². The molecule has 0 heterocycles. The predicted octanol–water partition coefficient (Wildman–Crippen LogP) is 1.24. The molecule has 3 nitrogen and oxygen atoms in total. The second-order valence-electron chi connectivity index (χ2n) is 3.77. The number of esters is 1. The Morgan fingerprint density at radius 3 is 2.42 bits per heavy atom. The van der Waals surface area contributed by atoms with Gasteiger partial charge in [-0.25, -0.2) is 0 Å². The van der Waals surface area contributed by atoms with Gasteiger partial charge in [0.25, 0.3) is 0 Å². The van der Waals surface area contributed by atoms with Crippen LogP contribution in [0.2, 0.25) is 0 Å². The van der Waals surface area contributed by atoms with E-state index in [2.05, 4.69) is 0 Å². The molecule has 0 aliphatic heterocycles. The van der Waals surface area contributed by atoms with Crippen LogP contribution in [0.5, 0.6) is 0 Å². The van der Waals surface area contributed by atoms with Gasteiger partial charge in [-0.2, -0.15) is 0 Å². The van der Waals surface area contributed by atoms with Crippen molar-refractivity contribution in [3.63, 3.8) is 0 Å². The van der Waals surface area contributed by atoms with Crippen molar-refractivity contribution in [2.24, 2.45) is 0 Å². The van der Waals surface area contributed by atoms with Crippen LogP contribution in [0, 0.1) is 0 Å². The van der Waals surface area contributed by atoms with Gasteiger partial charge in [0.05, 0.1) is 6.10 Å². The molecule has 0 aromatic carbocycles. The van der Waals surface area contributed by atoms with E-state index in [4.69, 9.17) is 4.74 Å². The van der Waals surface area contributed by atoms with Crippen molar-refractivity contribution in [3.05, 3.63) is 0 Å². The summed E-state index contributed by atoms with van der Waals surface area (Å²) in [6.07, 6.45) is 2.82. The van der Waals surface area contributed by atoms with Gasteiger partial charge in [-0.3, -0.25) is 4.79 Å². The van der Waals surface area contributed by atoms with Crippen LogP contribution in [0.25, 0.3) is 0 Å². The summed E-state index contributed by atoms with van der Waals surface area (Å²) in [5, 5.41) is 9.24. The van der Waals surface area contributed by atoms with Crippen LogP contribution in [0.1, 0.15) is 39.5 Å². The molecule has 0 aromatic heterocycles. The van der Waals surface area contributed by atoms with Gasteiger partial charge >= 0.3 is 5.97 Å². The lowest BCUT2D eigenvalue weighted by Crippen LogP contribution is -2.36. The summed E-state index contributed by atoms with van der Waals surface area (Å²) in [6.45, 7) is 3.36. The van der Waals surface area contributed by atoms with Crippen molar-refractivity contribution in [3.8, 4) is 0 Å². The first-order valence-electron chi connectivity index (χ1n) is 4.39. The Labute approximate surface area is 72.7 Å². The predicted molar refractivity (Wildman–Crippen MR) is 44.6 cm³/mol. The van der Waals surface area contributed by atoms with Gasteiger partial charge in [0, 0.05) is 6.92 Å². The van der Waals surface area contributed by atoms with Crippen molar-refractivity contribution in [1.82, 2.24) is 0 Å². The SMILES string of the molecule is CC(=O)OC1(C)CCC(O)CC1. The molecule has 0 amide bonds. The quantitative estimate of drug-likeness (QED) is 0.605. The maximum atomic E-state index is 10.7. The number of aliphatic hydroxyl groups is 1. The summed E-state index contributed by atoms with van der Waals surface area (Å²) < 4.78 is 5.18. The molecule has 0 aromatic rings. The number of hydrogen-bond acceptors (Lipinski definition) is 3. The zero-order chi connectivity index (χ0) is 9.19. The van der Waals surface area contributed by atoms with Gasteiger partial charge in [0.2, 0.25) is 0 Å². The molecule has 70 valence electrons. The van der Waals surface area contributed by atoms with E-state index in [9.17, 15) is 9.90 Å². The first-order valence-corrected chi connectivity index (χ1v) is 4.39. The molecule has 0 saturated heterocycles. The van der Waals surface area contributed by atoms with Crippen LogP contribution >= 0.6 is 0 Å². The van der Waals surface area contributed by atoms with Crippen LogP contribution in [-0.4, -0.2) is 22.8 Å². The van der Waals surface area contributed by atoms with Crippen LogP contribution < -0.4 is 0 Å². The minimum Gasteiger partial charge on any atom is -0.460 e. The molecule has 0 radical (unpaired) electrons. The van der Waals surface area contributed by atoms with Gasteiger partial charge in [0.15, 0.2) is 0 Å². The summed E-state index contributed by atoms with van der Waals surface area (Å²) in [6, 6.07) is 0. The molecule has 1 N–H and O–H groups in total. The topological polar surface area (TPSA) is 46.5 Å². The lowest BCUT2D eigenvalue weighted by atomic mass is 9.85. The lowest BCUT2D eigenvalue weighted by Gasteiger charge is -2.34. The molecule has 0 spiro atoms. The third-order valence-corrected chi connectivity index (χ3v) is 2.40. The zero-order valence-corrected chi connectivity index (χ0v) is 7.67. The number of aliphatic hydroxyl groups excluding tert-OH is 1. The second-order valence-corrected chi connectivity index (χ2v) is 3.77. The Hall–Kier alpha value is -0.570. The minimum atomic E-state index is -0.328. The third kappa shape index (κ3) is 2.48. The maximum Gasteiger partial charge on any atom is 0.303 e. The highest BCUT2D eigenvalue weighted by Crippen LogP contribution is 2.31. The number of ether oxygens (including phenoxy) is 1. The van der Waals surface area contributed by atoms with E-state index < -0.39 is 0 Å². The van der Waals surface area contributed by atoms with E-state index in [1.54, 1.807) is 0 Å². The Morgan fingerprint density at radius 1 is 1.50 bits per heavy atom. The highest BCUT2D eigenvalue weighted by molar-refractivity contribution is 5.66. The zero-order valence-electron chi connectivity index (χ0n) is 7.67. The van der Waals surface area contributed by atoms with Gasteiger partial charge in [-0.05, 0) is 32.6 Å². The Balaban J connectivity index is 2.44. The first kappa shape index (κ1) is 9.52. The van der Waals surface area contributed by atoms with Crippen molar-refractivity contribution in [1.29, 1.82) is 0 Å². The standard InChI is InChI=1S/C9H16O3/c1-7(10)12-9(2)5-3-8(11)4-6-9/h8,11H,3-6H2,1-2H3. The van der Waals surface area contributed by atoms with E-state index in [-0.39, 0.29) is 17.7 Å². The summed E-state index contributed by atoms with van der Waals surface area (Å²) in [7, 11) is 0. The highest BCUT2D eigenvalue weighted by atomic mass is 16.6. The van der Waals surface area contributed by atoms with E-state index in [0.717, 1.165) is 25.7 Å². The Bertz CT molecular complexity index is 169. The van der Waals surface area contributed by atoms with Crippen LogP contribution in [0.15, 0.2) is 0 Å².